The van der Waals surface area contributed by atoms with Crippen LogP contribution in [0.2, 0.25) is 18.1 Å². The highest BCUT2D eigenvalue weighted by atomic mass is 28.4. The lowest BCUT2D eigenvalue weighted by Crippen LogP contribution is -2.44. The minimum atomic E-state index is -1.94. The van der Waals surface area contributed by atoms with Gasteiger partial charge in [-0.2, -0.15) is 0 Å². The zero-order valence-electron chi connectivity index (χ0n) is 13.0. The van der Waals surface area contributed by atoms with E-state index in [0.717, 1.165) is 0 Å². The van der Waals surface area contributed by atoms with E-state index in [0.29, 0.717) is 0 Å². The van der Waals surface area contributed by atoms with Gasteiger partial charge in [0.25, 0.3) is 0 Å². The second-order valence-electron chi connectivity index (χ2n) is 7.12. The maximum atomic E-state index is 11.6. The number of ether oxygens (including phenoxy) is 1. The van der Waals surface area contributed by atoms with Gasteiger partial charge in [-0.3, -0.25) is 0 Å². The molecule has 1 N–H and O–H groups in total. The summed E-state index contributed by atoms with van der Waals surface area (Å²) < 4.78 is 10.9. The molecule has 0 heterocycles. The molecule has 0 bridgehead atoms. The van der Waals surface area contributed by atoms with Crippen molar-refractivity contribution in [3.8, 4) is 0 Å². The van der Waals surface area contributed by atoms with Crippen LogP contribution in [0.5, 0.6) is 0 Å². The van der Waals surface area contributed by atoms with Gasteiger partial charge in [-0.05, 0) is 38.9 Å². The molecule has 0 rings (SSSR count). The van der Waals surface area contributed by atoms with E-state index in [1.54, 1.807) is 20.8 Å². The number of aliphatic hydroxyl groups is 1. The molecule has 5 heteroatoms. The van der Waals surface area contributed by atoms with Crippen molar-refractivity contribution in [2.75, 3.05) is 6.61 Å². The molecule has 1 unspecified atom stereocenters. The number of hydrogen-bond acceptors (Lipinski definition) is 4. The zero-order valence-corrected chi connectivity index (χ0v) is 14.0. The van der Waals surface area contributed by atoms with Crippen molar-refractivity contribution in [3.63, 3.8) is 0 Å². The van der Waals surface area contributed by atoms with Gasteiger partial charge in [0.1, 0.15) is 5.60 Å². The molecule has 0 fully saturated rings. The summed E-state index contributed by atoms with van der Waals surface area (Å²) in [6, 6.07) is 0. The molecule has 0 radical (unpaired) electrons. The average Bonchev–Trinajstić information content (AvgIpc) is 2.09. The van der Waals surface area contributed by atoms with Crippen molar-refractivity contribution in [2.45, 2.75) is 71.4 Å². The summed E-state index contributed by atoms with van der Waals surface area (Å²) in [4.78, 5) is 11.6. The Hall–Kier alpha value is -0.393. The van der Waals surface area contributed by atoms with Gasteiger partial charge in [0, 0.05) is 0 Å². The minimum Gasteiger partial charge on any atom is -0.458 e. The summed E-state index contributed by atoms with van der Waals surface area (Å²) in [6.45, 7) is 15.8. The third kappa shape index (κ3) is 5.98. The predicted octanol–water partition coefficient (Wildman–Crippen LogP) is 2.71. The number of aliphatic hydroxyl groups excluding tert-OH is 1. The molecule has 108 valence electrons. The van der Waals surface area contributed by atoms with Crippen LogP contribution in [0.3, 0.4) is 0 Å². The average molecular weight is 276 g/mol. The fraction of sp³-hybridized carbons (Fsp3) is 0.923. The third-order valence-electron chi connectivity index (χ3n) is 3.09. The van der Waals surface area contributed by atoms with Crippen molar-refractivity contribution in [1.82, 2.24) is 0 Å². The molecule has 0 aromatic carbocycles. The van der Waals surface area contributed by atoms with E-state index in [9.17, 15) is 9.90 Å². The van der Waals surface area contributed by atoms with Gasteiger partial charge in [-0.25, -0.2) is 4.79 Å². The smallest absolute Gasteiger partial charge is 0.337 e. The molecule has 0 aromatic rings. The van der Waals surface area contributed by atoms with E-state index in [4.69, 9.17) is 9.16 Å². The fourth-order valence-corrected chi connectivity index (χ4v) is 1.95. The molecule has 0 aliphatic carbocycles. The van der Waals surface area contributed by atoms with Gasteiger partial charge < -0.3 is 14.3 Å². The SMILES string of the molecule is CC(C)(C)OC(=O)C(O)CO[Si](C)(C)C(C)(C)C. The third-order valence-corrected chi connectivity index (χ3v) is 7.59. The Morgan fingerprint density at radius 2 is 1.61 bits per heavy atom. The van der Waals surface area contributed by atoms with Crippen LogP contribution < -0.4 is 0 Å². The highest BCUT2D eigenvalue weighted by Crippen LogP contribution is 2.36. The highest BCUT2D eigenvalue weighted by Gasteiger charge is 2.38. The topological polar surface area (TPSA) is 55.8 Å². The first-order valence-corrected chi connectivity index (χ1v) is 9.22. The Kier molecular flexibility index (Phi) is 5.59. The summed E-state index contributed by atoms with van der Waals surface area (Å²) in [5, 5.41) is 9.79. The Balaban J connectivity index is 4.35. The van der Waals surface area contributed by atoms with Gasteiger partial charge in [0.2, 0.25) is 0 Å². The standard InChI is InChI=1S/C13H28O4Si/c1-12(2,3)17-11(15)10(14)9-16-18(7,8)13(4,5)6/h10,14H,9H2,1-8H3. The Labute approximate surface area is 112 Å². The van der Waals surface area contributed by atoms with E-state index in [-0.39, 0.29) is 11.6 Å². The fourth-order valence-electron chi connectivity index (χ4n) is 0.942. The van der Waals surface area contributed by atoms with Gasteiger partial charge in [0.15, 0.2) is 14.4 Å². The van der Waals surface area contributed by atoms with Crippen molar-refractivity contribution < 1.29 is 19.1 Å². The Bertz CT molecular complexity index is 286. The van der Waals surface area contributed by atoms with Crippen LogP contribution in [0.25, 0.3) is 0 Å². The Morgan fingerprint density at radius 1 is 1.17 bits per heavy atom. The monoisotopic (exact) mass is 276 g/mol. The summed E-state index contributed by atoms with van der Waals surface area (Å²) in [5.41, 5.74) is -0.588. The van der Waals surface area contributed by atoms with E-state index < -0.39 is 26.0 Å². The van der Waals surface area contributed by atoms with Crippen LogP contribution >= 0.6 is 0 Å². The van der Waals surface area contributed by atoms with E-state index in [1.807, 2.05) is 0 Å². The molecule has 4 nitrogen and oxygen atoms in total. The number of carbonyl (C=O) groups excluding carboxylic acids is 1. The lowest BCUT2D eigenvalue weighted by molar-refractivity contribution is -0.166. The molecular formula is C13H28O4Si. The van der Waals surface area contributed by atoms with Crippen molar-refractivity contribution >= 4 is 14.3 Å². The van der Waals surface area contributed by atoms with Crippen LogP contribution in [-0.2, 0) is 14.0 Å². The van der Waals surface area contributed by atoms with Crippen molar-refractivity contribution in [3.05, 3.63) is 0 Å². The maximum Gasteiger partial charge on any atom is 0.337 e. The van der Waals surface area contributed by atoms with Crippen molar-refractivity contribution in [2.24, 2.45) is 0 Å². The molecule has 0 amide bonds. The van der Waals surface area contributed by atoms with E-state index >= 15 is 0 Å². The molecule has 0 aromatic heterocycles. The zero-order chi connectivity index (χ0) is 14.8. The Morgan fingerprint density at radius 3 is 1.94 bits per heavy atom. The van der Waals surface area contributed by atoms with Crippen LogP contribution in [-0.4, -0.2) is 37.7 Å². The van der Waals surface area contributed by atoms with Gasteiger partial charge >= 0.3 is 5.97 Å². The number of esters is 1. The summed E-state index contributed by atoms with van der Waals surface area (Å²) >= 11 is 0. The van der Waals surface area contributed by atoms with Crippen LogP contribution in [0.1, 0.15) is 41.5 Å². The molecule has 0 aliphatic rings. The van der Waals surface area contributed by atoms with E-state index in [1.165, 1.54) is 0 Å². The number of carbonyl (C=O) groups is 1. The minimum absolute atomic E-state index is 0.00536. The van der Waals surface area contributed by atoms with Gasteiger partial charge in [0.05, 0.1) is 6.61 Å². The lowest BCUT2D eigenvalue weighted by Gasteiger charge is -2.36. The first-order chi connectivity index (χ1) is 7.76. The number of rotatable bonds is 4. The molecule has 0 saturated heterocycles. The molecule has 18 heavy (non-hydrogen) atoms. The summed E-state index contributed by atoms with van der Waals surface area (Å²) in [6.07, 6.45) is -1.21. The van der Waals surface area contributed by atoms with Crippen LogP contribution in [0.15, 0.2) is 0 Å². The molecule has 0 saturated carbocycles. The predicted molar refractivity (Wildman–Crippen MR) is 75.0 cm³/mol. The number of hydrogen-bond donors (Lipinski definition) is 1. The quantitative estimate of drug-likeness (QED) is 0.633. The first kappa shape index (κ1) is 17.6. The van der Waals surface area contributed by atoms with E-state index in [2.05, 4.69) is 33.9 Å². The molecular weight excluding hydrogens is 248 g/mol. The lowest BCUT2D eigenvalue weighted by atomic mass is 10.2. The largest absolute Gasteiger partial charge is 0.458 e. The first-order valence-electron chi connectivity index (χ1n) is 6.31. The maximum absolute atomic E-state index is 11.6. The van der Waals surface area contributed by atoms with Gasteiger partial charge in [-0.1, -0.05) is 20.8 Å². The van der Waals surface area contributed by atoms with Crippen LogP contribution in [0.4, 0.5) is 0 Å². The van der Waals surface area contributed by atoms with Crippen LogP contribution in [0, 0.1) is 0 Å². The highest BCUT2D eigenvalue weighted by molar-refractivity contribution is 6.74. The normalized spacial score (nSPS) is 15.4. The van der Waals surface area contributed by atoms with Crippen molar-refractivity contribution in [1.29, 1.82) is 0 Å². The molecule has 0 spiro atoms. The molecule has 0 aliphatic heterocycles. The van der Waals surface area contributed by atoms with Gasteiger partial charge in [-0.15, -0.1) is 0 Å². The second kappa shape index (κ2) is 5.71. The second-order valence-corrected chi connectivity index (χ2v) is 11.9. The summed E-state index contributed by atoms with van der Waals surface area (Å²) in [5.74, 6) is -0.624. The molecule has 1 atom stereocenters. The summed E-state index contributed by atoms with van der Waals surface area (Å²) in [7, 11) is -1.94.